The molecule has 0 bridgehead atoms. The van der Waals surface area contributed by atoms with E-state index in [1.165, 1.54) is 25.7 Å². The van der Waals surface area contributed by atoms with Gasteiger partial charge >= 0.3 is 6.09 Å². The lowest BCUT2D eigenvalue weighted by Crippen LogP contribution is -2.37. The standard InChI is InChI=1S/C12H27N3O3/c1-2-3-4-5-8-13-9-6-7-10-18-11-14-15-12(16)17/h13-15H,2-11H2,1H3,(H,16,17). The maximum atomic E-state index is 10.1. The predicted octanol–water partition coefficient (Wildman–Crippen LogP) is 1.68. The number of nitrogens with one attached hydrogen (secondary N) is 3. The lowest BCUT2D eigenvalue weighted by molar-refractivity contribution is 0.100. The second-order valence-corrected chi connectivity index (χ2v) is 4.18. The minimum absolute atomic E-state index is 0.205. The summed E-state index contributed by atoms with van der Waals surface area (Å²) >= 11 is 0. The van der Waals surface area contributed by atoms with E-state index in [1.54, 1.807) is 0 Å². The summed E-state index contributed by atoms with van der Waals surface area (Å²) in [6.07, 6.45) is 6.14. The molecule has 0 unspecified atom stereocenters. The molecule has 108 valence electrons. The summed E-state index contributed by atoms with van der Waals surface area (Å²) in [5.74, 6) is 0. The van der Waals surface area contributed by atoms with Crippen LogP contribution in [0, 0.1) is 0 Å². The third kappa shape index (κ3) is 15.1. The molecule has 0 aromatic rings. The molecule has 0 aromatic heterocycles. The topological polar surface area (TPSA) is 82.6 Å². The molecule has 18 heavy (non-hydrogen) atoms. The van der Waals surface area contributed by atoms with Gasteiger partial charge in [0.15, 0.2) is 0 Å². The van der Waals surface area contributed by atoms with Gasteiger partial charge in [-0.15, -0.1) is 0 Å². The molecule has 6 heteroatoms. The molecule has 0 fully saturated rings. The van der Waals surface area contributed by atoms with E-state index in [-0.39, 0.29) is 6.73 Å². The molecular weight excluding hydrogens is 234 g/mol. The van der Waals surface area contributed by atoms with Crippen LogP contribution in [0.4, 0.5) is 4.79 Å². The molecule has 0 aromatic carbocycles. The molecule has 0 radical (unpaired) electrons. The number of amides is 1. The molecule has 0 aliphatic carbocycles. The summed E-state index contributed by atoms with van der Waals surface area (Å²) in [5, 5.41) is 11.7. The second kappa shape index (κ2) is 14.2. The highest BCUT2D eigenvalue weighted by molar-refractivity contribution is 5.63. The Morgan fingerprint density at radius 1 is 1.11 bits per heavy atom. The molecule has 0 aliphatic rings. The number of rotatable bonds is 13. The third-order valence-corrected chi connectivity index (χ3v) is 2.47. The second-order valence-electron chi connectivity index (χ2n) is 4.18. The van der Waals surface area contributed by atoms with Crippen LogP contribution in [0.15, 0.2) is 0 Å². The summed E-state index contributed by atoms with van der Waals surface area (Å²) in [5.41, 5.74) is 4.44. The lowest BCUT2D eigenvalue weighted by atomic mass is 10.2. The average molecular weight is 261 g/mol. The van der Waals surface area contributed by atoms with Gasteiger partial charge in [0.05, 0.1) is 0 Å². The molecule has 0 saturated heterocycles. The number of hydrazine groups is 1. The van der Waals surface area contributed by atoms with Crippen molar-refractivity contribution in [1.29, 1.82) is 0 Å². The summed E-state index contributed by atoms with van der Waals surface area (Å²) < 4.78 is 5.18. The van der Waals surface area contributed by atoms with Gasteiger partial charge in [-0.25, -0.2) is 10.2 Å². The Morgan fingerprint density at radius 3 is 2.50 bits per heavy atom. The number of ether oxygens (including phenoxy) is 1. The fourth-order valence-electron chi connectivity index (χ4n) is 1.49. The van der Waals surface area contributed by atoms with Crippen molar-refractivity contribution in [2.45, 2.75) is 45.4 Å². The molecular formula is C12H27N3O3. The maximum Gasteiger partial charge on any atom is 0.419 e. The van der Waals surface area contributed by atoms with Crippen molar-refractivity contribution in [3.8, 4) is 0 Å². The lowest BCUT2D eigenvalue weighted by Gasteiger charge is -2.06. The van der Waals surface area contributed by atoms with Gasteiger partial charge in [0.2, 0.25) is 0 Å². The van der Waals surface area contributed by atoms with Crippen LogP contribution in [-0.4, -0.2) is 37.6 Å². The molecule has 1 amide bonds. The summed E-state index contributed by atoms with van der Waals surface area (Å²) in [4.78, 5) is 10.1. The van der Waals surface area contributed by atoms with E-state index in [0.29, 0.717) is 6.61 Å². The highest BCUT2D eigenvalue weighted by Gasteiger charge is 1.93. The molecule has 6 nitrogen and oxygen atoms in total. The van der Waals surface area contributed by atoms with Crippen LogP contribution < -0.4 is 16.2 Å². The van der Waals surface area contributed by atoms with Gasteiger partial charge in [-0.2, -0.15) is 0 Å². The van der Waals surface area contributed by atoms with Crippen molar-refractivity contribution in [1.82, 2.24) is 16.2 Å². The predicted molar refractivity (Wildman–Crippen MR) is 71.4 cm³/mol. The van der Waals surface area contributed by atoms with Crippen molar-refractivity contribution in [3.05, 3.63) is 0 Å². The van der Waals surface area contributed by atoms with Crippen LogP contribution in [0.1, 0.15) is 45.4 Å². The third-order valence-electron chi connectivity index (χ3n) is 2.47. The Morgan fingerprint density at radius 2 is 1.83 bits per heavy atom. The fourth-order valence-corrected chi connectivity index (χ4v) is 1.49. The highest BCUT2D eigenvalue weighted by atomic mass is 16.5. The van der Waals surface area contributed by atoms with E-state index in [4.69, 9.17) is 9.84 Å². The van der Waals surface area contributed by atoms with Crippen LogP contribution in [0.3, 0.4) is 0 Å². The zero-order valence-corrected chi connectivity index (χ0v) is 11.3. The van der Waals surface area contributed by atoms with E-state index in [0.717, 1.165) is 25.9 Å². The average Bonchev–Trinajstić information content (AvgIpc) is 2.34. The molecule has 0 saturated carbocycles. The molecule has 0 heterocycles. The van der Waals surface area contributed by atoms with Gasteiger partial charge in [-0.3, -0.25) is 5.43 Å². The van der Waals surface area contributed by atoms with E-state index in [2.05, 4.69) is 17.7 Å². The Bertz CT molecular complexity index is 191. The van der Waals surface area contributed by atoms with Crippen molar-refractivity contribution >= 4 is 6.09 Å². The normalized spacial score (nSPS) is 10.5. The van der Waals surface area contributed by atoms with E-state index in [1.807, 2.05) is 5.43 Å². The van der Waals surface area contributed by atoms with Gasteiger partial charge in [-0.1, -0.05) is 26.2 Å². The number of hydrogen-bond donors (Lipinski definition) is 4. The van der Waals surface area contributed by atoms with Crippen LogP contribution in [0.2, 0.25) is 0 Å². The van der Waals surface area contributed by atoms with Crippen LogP contribution in [-0.2, 0) is 4.74 Å². The van der Waals surface area contributed by atoms with Gasteiger partial charge < -0.3 is 15.2 Å². The fraction of sp³-hybridized carbons (Fsp3) is 0.917. The van der Waals surface area contributed by atoms with Gasteiger partial charge in [0.25, 0.3) is 0 Å². The molecule has 0 spiro atoms. The van der Waals surface area contributed by atoms with E-state index < -0.39 is 6.09 Å². The Kier molecular flexibility index (Phi) is 13.5. The first-order chi connectivity index (χ1) is 8.77. The van der Waals surface area contributed by atoms with Crippen LogP contribution in [0.25, 0.3) is 0 Å². The van der Waals surface area contributed by atoms with Gasteiger partial charge in [-0.05, 0) is 32.4 Å². The first-order valence-electron chi connectivity index (χ1n) is 6.77. The largest absolute Gasteiger partial charge is 0.464 e. The Balaban J connectivity index is 2.92. The van der Waals surface area contributed by atoms with E-state index in [9.17, 15) is 4.79 Å². The number of carbonyl (C=O) groups is 1. The van der Waals surface area contributed by atoms with Gasteiger partial charge in [0, 0.05) is 6.61 Å². The van der Waals surface area contributed by atoms with E-state index >= 15 is 0 Å². The van der Waals surface area contributed by atoms with Gasteiger partial charge in [0.1, 0.15) is 6.73 Å². The first-order valence-corrected chi connectivity index (χ1v) is 6.77. The highest BCUT2D eigenvalue weighted by Crippen LogP contribution is 1.97. The number of carboxylic acid groups (broad SMARTS) is 1. The monoisotopic (exact) mass is 261 g/mol. The van der Waals surface area contributed by atoms with Crippen LogP contribution >= 0.6 is 0 Å². The summed E-state index contributed by atoms with van der Waals surface area (Å²) in [7, 11) is 0. The minimum atomic E-state index is -1.11. The number of unbranched alkanes of at least 4 members (excludes halogenated alkanes) is 4. The van der Waals surface area contributed by atoms with Crippen molar-refractivity contribution in [2.75, 3.05) is 26.4 Å². The zero-order chi connectivity index (χ0) is 13.5. The smallest absolute Gasteiger partial charge is 0.419 e. The SMILES string of the molecule is CCCCCCNCCCCOCNNC(=O)O. The Hall–Kier alpha value is -0.850. The molecule has 0 aliphatic heterocycles. The van der Waals surface area contributed by atoms with Crippen LogP contribution in [0.5, 0.6) is 0 Å². The minimum Gasteiger partial charge on any atom is -0.464 e. The summed E-state index contributed by atoms with van der Waals surface area (Å²) in [6, 6.07) is 0. The zero-order valence-electron chi connectivity index (χ0n) is 11.3. The van der Waals surface area contributed by atoms with Crippen molar-refractivity contribution in [3.63, 3.8) is 0 Å². The molecule has 0 rings (SSSR count). The number of hydrogen-bond acceptors (Lipinski definition) is 4. The Labute approximate surface area is 109 Å². The van der Waals surface area contributed by atoms with Crippen molar-refractivity contribution in [2.24, 2.45) is 0 Å². The first kappa shape index (κ1) is 17.2. The quantitative estimate of drug-likeness (QED) is 0.230. The maximum absolute atomic E-state index is 10.1. The molecule has 0 atom stereocenters. The van der Waals surface area contributed by atoms with Crippen molar-refractivity contribution < 1.29 is 14.6 Å². The molecule has 4 N–H and O–H groups in total. The summed E-state index contributed by atoms with van der Waals surface area (Å²) in [6.45, 7) is 5.19.